The summed E-state index contributed by atoms with van der Waals surface area (Å²) in [6.45, 7) is 0. The van der Waals surface area contributed by atoms with Crippen LogP contribution in [-0.4, -0.2) is 11.6 Å². The fourth-order valence-electron chi connectivity index (χ4n) is 2.70. The Bertz CT molecular complexity index is 970. The number of hydrogen-bond acceptors (Lipinski definition) is 4. The third-order valence-corrected chi connectivity index (χ3v) is 3.77. The molecule has 0 unspecified atom stereocenters. The standard InChI is InChI=1S/C18H10N6O2/c19-23-21-15-13(11-7-3-1-4-8-11)17(25)16(22-24-20)14(18(15)26)12-9-5-2-6-10-12/h1-10H. The van der Waals surface area contributed by atoms with Gasteiger partial charge in [-0.05, 0) is 22.2 Å². The molecule has 0 atom stereocenters. The van der Waals surface area contributed by atoms with Crippen LogP contribution in [0, 0.1) is 0 Å². The Labute approximate surface area is 147 Å². The summed E-state index contributed by atoms with van der Waals surface area (Å²) >= 11 is 0. The van der Waals surface area contributed by atoms with Gasteiger partial charge in [-0.15, -0.1) is 0 Å². The zero-order valence-electron chi connectivity index (χ0n) is 13.3. The SMILES string of the molecule is [N-]=[N+]=NC1=C(c2ccccc2)C(=O)C(N=[N+]=[N-])=C(c2ccccc2)C1=O. The Morgan fingerprint density at radius 2 is 0.962 bits per heavy atom. The van der Waals surface area contributed by atoms with E-state index in [-0.39, 0.29) is 22.5 Å². The van der Waals surface area contributed by atoms with Crippen molar-refractivity contribution in [3.05, 3.63) is 104 Å². The molecule has 0 aliphatic heterocycles. The highest BCUT2D eigenvalue weighted by molar-refractivity contribution is 6.47. The summed E-state index contributed by atoms with van der Waals surface area (Å²) in [5, 5.41) is 6.93. The van der Waals surface area contributed by atoms with E-state index in [0.29, 0.717) is 11.1 Å². The Morgan fingerprint density at radius 1 is 0.615 bits per heavy atom. The van der Waals surface area contributed by atoms with Gasteiger partial charge in [0, 0.05) is 21.0 Å². The third-order valence-electron chi connectivity index (χ3n) is 3.77. The van der Waals surface area contributed by atoms with E-state index < -0.39 is 11.6 Å². The van der Waals surface area contributed by atoms with Gasteiger partial charge in [0.05, 0.1) is 11.4 Å². The van der Waals surface area contributed by atoms with Gasteiger partial charge in [-0.25, -0.2) is 0 Å². The molecular formula is C18H10N6O2. The van der Waals surface area contributed by atoms with Gasteiger partial charge >= 0.3 is 0 Å². The summed E-state index contributed by atoms with van der Waals surface area (Å²) in [7, 11) is 0. The quantitative estimate of drug-likeness (QED) is 0.348. The van der Waals surface area contributed by atoms with Gasteiger partial charge < -0.3 is 0 Å². The Morgan fingerprint density at radius 3 is 1.27 bits per heavy atom. The fraction of sp³-hybridized carbons (Fsp3) is 0. The van der Waals surface area contributed by atoms with Crippen molar-refractivity contribution in [2.75, 3.05) is 0 Å². The lowest BCUT2D eigenvalue weighted by atomic mass is 9.84. The molecule has 3 rings (SSSR count). The number of hydrogen-bond donors (Lipinski definition) is 0. The second-order valence-electron chi connectivity index (χ2n) is 5.22. The summed E-state index contributed by atoms with van der Waals surface area (Å²) < 4.78 is 0. The van der Waals surface area contributed by atoms with Gasteiger partial charge in [0.25, 0.3) is 0 Å². The molecule has 124 valence electrons. The number of rotatable bonds is 4. The molecule has 0 saturated heterocycles. The molecule has 26 heavy (non-hydrogen) atoms. The van der Waals surface area contributed by atoms with Crippen molar-refractivity contribution < 1.29 is 9.59 Å². The Kier molecular flexibility index (Phi) is 4.63. The summed E-state index contributed by atoms with van der Waals surface area (Å²) in [6, 6.07) is 16.6. The first-order chi connectivity index (χ1) is 12.7. The molecule has 0 bridgehead atoms. The first kappa shape index (κ1) is 16.7. The van der Waals surface area contributed by atoms with Crippen LogP contribution < -0.4 is 0 Å². The van der Waals surface area contributed by atoms with Crippen LogP contribution >= 0.6 is 0 Å². The maximum Gasteiger partial charge on any atom is 0.197 e. The molecule has 1 aliphatic carbocycles. The van der Waals surface area contributed by atoms with Gasteiger partial charge in [-0.1, -0.05) is 70.9 Å². The smallest absolute Gasteiger partial charge is 0.197 e. The van der Waals surface area contributed by atoms with E-state index >= 15 is 0 Å². The minimum Gasteiger partial charge on any atom is -0.289 e. The highest BCUT2D eigenvalue weighted by Gasteiger charge is 2.35. The van der Waals surface area contributed by atoms with Crippen molar-refractivity contribution in [2.24, 2.45) is 10.2 Å². The zero-order chi connectivity index (χ0) is 18.5. The van der Waals surface area contributed by atoms with Crippen molar-refractivity contribution >= 4 is 22.7 Å². The molecule has 0 radical (unpaired) electrons. The van der Waals surface area contributed by atoms with Crippen molar-refractivity contribution in [3.8, 4) is 0 Å². The number of nitrogens with zero attached hydrogens (tertiary/aromatic N) is 6. The first-order valence-electron chi connectivity index (χ1n) is 7.48. The maximum absolute atomic E-state index is 13.0. The summed E-state index contributed by atoms with van der Waals surface area (Å²) in [4.78, 5) is 31.4. The molecule has 2 aromatic rings. The summed E-state index contributed by atoms with van der Waals surface area (Å²) in [6.07, 6.45) is 0. The van der Waals surface area contributed by atoms with E-state index in [4.69, 9.17) is 11.1 Å². The van der Waals surface area contributed by atoms with Gasteiger partial charge in [0.15, 0.2) is 11.6 Å². The van der Waals surface area contributed by atoms with Crippen molar-refractivity contribution in [2.45, 2.75) is 0 Å². The average Bonchev–Trinajstić information content (AvgIpc) is 2.68. The molecule has 0 aromatic heterocycles. The van der Waals surface area contributed by atoms with E-state index in [1.807, 2.05) is 0 Å². The van der Waals surface area contributed by atoms with Gasteiger partial charge in [-0.2, -0.15) is 0 Å². The number of benzene rings is 2. The summed E-state index contributed by atoms with van der Waals surface area (Å²) in [5.41, 5.74) is 17.7. The maximum atomic E-state index is 13.0. The second-order valence-corrected chi connectivity index (χ2v) is 5.22. The van der Waals surface area contributed by atoms with Crippen LogP contribution in [0.25, 0.3) is 32.0 Å². The molecule has 8 heteroatoms. The lowest BCUT2D eigenvalue weighted by Gasteiger charge is -2.20. The van der Waals surface area contributed by atoms with E-state index in [1.54, 1.807) is 60.7 Å². The first-order valence-corrected chi connectivity index (χ1v) is 7.48. The van der Waals surface area contributed by atoms with Crippen molar-refractivity contribution in [1.82, 2.24) is 0 Å². The number of carbonyl (C=O) groups is 2. The number of allylic oxidation sites excluding steroid dienone is 2. The van der Waals surface area contributed by atoms with Crippen LogP contribution in [-0.2, 0) is 9.59 Å². The molecule has 8 nitrogen and oxygen atoms in total. The molecule has 1 aliphatic rings. The molecule has 2 aromatic carbocycles. The number of carbonyl (C=O) groups excluding carboxylic acids is 2. The predicted octanol–water partition coefficient (Wildman–Crippen LogP) is 4.58. The molecule has 0 amide bonds. The van der Waals surface area contributed by atoms with Crippen LogP contribution in [0.1, 0.15) is 11.1 Å². The van der Waals surface area contributed by atoms with Gasteiger partial charge in [0.2, 0.25) is 0 Å². The van der Waals surface area contributed by atoms with E-state index in [0.717, 1.165) is 0 Å². The predicted molar refractivity (Wildman–Crippen MR) is 95.0 cm³/mol. The summed E-state index contributed by atoms with van der Waals surface area (Å²) in [5.74, 6) is -1.34. The largest absolute Gasteiger partial charge is 0.289 e. The highest BCUT2D eigenvalue weighted by Crippen LogP contribution is 2.37. The lowest BCUT2D eigenvalue weighted by Crippen LogP contribution is -2.21. The minimum absolute atomic E-state index is 0.0875. The van der Waals surface area contributed by atoms with Crippen LogP contribution in [0.4, 0.5) is 0 Å². The number of azide groups is 2. The van der Waals surface area contributed by atoms with Gasteiger partial charge in [-0.3, -0.25) is 9.59 Å². The average molecular weight is 342 g/mol. The van der Waals surface area contributed by atoms with E-state index in [9.17, 15) is 9.59 Å². The molecular weight excluding hydrogens is 332 g/mol. The molecule has 0 saturated carbocycles. The number of Topliss-reactive ketones (excluding diaryl/α,β-unsaturated/α-hetero) is 2. The second kappa shape index (κ2) is 7.19. The monoisotopic (exact) mass is 342 g/mol. The Hall–Kier alpha value is -4.12. The topological polar surface area (TPSA) is 132 Å². The zero-order valence-corrected chi connectivity index (χ0v) is 13.3. The molecule has 0 fully saturated rings. The lowest BCUT2D eigenvalue weighted by molar-refractivity contribution is -0.113. The van der Waals surface area contributed by atoms with Crippen LogP contribution in [0.2, 0.25) is 0 Å². The normalized spacial score (nSPS) is 14.0. The third kappa shape index (κ3) is 2.85. The minimum atomic E-state index is -0.671. The van der Waals surface area contributed by atoms with Crippen molar-refractivity contribution in [3.63, 3.8) is 0 Å². The molecule has 0 N–H and O–H groups in total. The highest BCUT2D eigenvalue weighted by atomic mass is 16.1. The van der Waals surface area contributed by atoms with E-state index in [2.05, 4.69) is 20.1 Å². The van der Waals surface area contributed by atoms with Crippen LogP contribution in [0.5, 0.6) is 0 Å². The van der Waals surface area contributed by atoms with Crippen LogP contribution in [0.15, 0.2) is 82.3 Å². The Balaban J connectivity index is 2.34. The van der Waals surface area contributed by atoms with Gasteiger partial charge in [0.1, 0.15) is 0 Å². The molecule has 0 heterocycles. The van der Waals surface area contributed by atoms with Crippen molar-refractivity contribution in [1.29, 1.82) is 0 Å². The van der Waals surface area contributed by atoms with Crippen LogP contribution in [0.3, 0.4) is 0 Å². The number of ketones is 2. The fourth-order valence-corrected chi connectivity index (χ4v) is 2.70. The van der Waals surface area contributed by atoms with E-state index in [1.165, 1.54) is 0 Å². The molecule has 0 spiro atoms.